The van der Waals surface area contributed by atoms with Crippen molar-refractivity contribution in [2.75, 3.05) is 17.6 Å². The molecule has 1 saturated carbocycles. The molecule has 1 aromatic rings. The minimum Gasteiger partial charge on any atom is -0.388 e. The van der Waals surface area contributed by atoms with Crippen molar-refractivity contribution in [1.82, 2.24) is 9.97 Å². The van der Waals surface area contributed by atoms with Crippen molar-refractivity contribution in [1.29, 1.82) is 0 Å². The minimum atomic E-state index is -0.558. The number of rotatable bonds is 4. The predicted molar refractivity (Wildman–Crippen MR) is 67.8 cm³/mol. The van der Waals surface area contributed by atoms with Crippen molar-refractivity contribution in [3.8, 4) is 0 Å². The van der Waals surface area contributed by atoms with Gasteiger partial charge in [0, 0.05) is 18.5 Å². The maximum absolute atomic E-state index is 9.98. The first kappa shape index (κ1) is 12.1. The van der Waals surface area contributed by atoms with Crippen molar-refractivity contribution in [2.24, 2.45) is 0 Å². The first-order valence-corrected chi connectivity index (χ1v) is 6.09. The number of nitrogens with two attached hydrogens (primary N) is 1. The number of anilines is 2. The number of hydrogen-bond donors (Lipinski definition) is 3. The van der Waals surface area contributed by atoms with Gasteiger partial charge in [0.25, 0.3) is 0 Å². The molecule has 1 aliphatic carbocycles. The number of hydrogen-bond acceptors (Lipinski definition) is 5. The molecule has 0 radical (unpaired) electrons. The highest BCUT2D eigenvalue weighted by Crippen LogP contribution is 2.31. The smallest absolute Gasteiger partial charge is 0.135 e. The van der Waals surface area contributed by atoms with E-state index >= 15 is 0 Å². The number of nitrogen functional groups attached to an aromatic ring is 1. The third-order valence-corrected chi connectivity index (χ3v) is 3.16. The van der Waals surface area contributed by atoms with Crippen LogP contribution in [-0.4, -0.2) is 27.2 Å². The molecule has 1 fully saturated rings. The lowest BCUT2D eigenvalue weighted by Gasteiger charge is -2.36. The first-order valence-electron chi connectivity index (χ1n) is 6.09. The van der Waals surface area contributed by atoms with Crippen LogP contribution < -0.4 is 11.1 Å². The molecule has 5 heteroatoms. The average Bonchev–Trinajstić information content (AvgIpc) is 2.23. The van der Waals surface area contributed by atoms with E-state index in [2.05, 4.69) is 15.3 Å². The SMILES string of the molecule is CC(C)c1nc(N)cc(NCC2(O)CCC2)n1. The third kappa shape index (κ3) is 2.85. The molecule has 1 aromatic heterocycles. The summed E-state index contributed by atoms with van der Waals surface area (Å²) in [5, 5.41) is 13.1. The van der Waals surface area contributed by atoms with E-state index in [1.54, 1.807) is 6.07 Å². The Bertz CT molecular complexity index is 401. The summed E-state index contributed by atoms with van der Waals surface area (Å²) in [6.07, 6.45) is 2.82. The minimum absolute atomic E-state index is 0.242. The molecule has 0 spiro atoms. The van der Waals surface area contributed by atoms with Gasteiger partial charge in [-0.1, -0.05) is 13.8 Å². The van der Waals surface area contributed by atoms with Gasteiger partial charge in [-0.3, -0.25) is 0 Å². The van der Waals surface area contributed by atoms with Gasteiger partial charge in [-0.15, -0.1) is 0 Å². The van der Waals surface area contributed by atoms with E-state index < -0.39 is 5.60 Å². The summed E-state index contributed by atoms with van der Waals surface area (Å²) < 4.78 is 0. The van der Waals surface area contributed by atoms with E-state index in [0.29, 0.717) is 18.2 Å². The number of nitrogens with zero attached hydrogens (tertiary/aromatic N) is 2. The average molecular weight is 236 g/mol. The zero-order valence-corrected chi connectivity index (χ0v) is 10.4. The lowest BCUT2D eigenvalue weighted by atomic mass is 9.80. The van der Waals surface area contributed by atoms with Crippen LogP contribution in [0.4, 0.5) is 11.6 Å². The molecule has 0 unspecified atom stereocenters. The topological polar surface area (TPSA) is 84.1 Å². The predicted octanol–water partition coefficient (Wildman–Crippen LogP) is 1.51. The van der Waals surface area contributed by atoms with Crippen LogP contribution in [0.2, 0.25) is 0 Å². The molecule has 0 atom stereocenters. The van der Waals surface area contributed by atoms with Crippen LogP contribution in [0.25, 0.3) is 0 Å². The maximum Gasteiger partial charge on any atom is 0.135 e. The fraction of sp³-hybridized carbons (Fsp3) is 0.667. The van der Waals surface area contributed by atoms with Gasteiger partial charge in [0.1, 0.15) is 17.5 Å². The molecule has 0 aliphatic heterocycles. The fourth-order valence-electron chi connectivity index (χ4n) is 1.85. The van der Waals surface area contributed by atoms with Crippen molar-refractivity contribution in [3.63, 3.8) is 0 Å². The highest BCUT2D eigenvalue weighted by molar-refractivity contribution is 5.45. The number of aliphatic hydroxyl groups is 1. The van der Waals surface area contributed by atoms with Crippen LogP contribution >= 0.6 is 0 Å². The van der Waals surface area contributed by atoms with E-state index in [9.17, 15) is 5.11 Å². The van der Waals surface area contributed by atoms with Gasteiger partial charge in [-0.05, 0) is 19.3 Å². The van der Waals surface area contributed by atoms with Crippen molar-refractivity contribution in [2.45, 2.75) is 44.6 Å². The normalized spacial score (nSPS) is 17.9. The van der Waals surface area contributed by atoms with Crippen LogP contribution in [0, 0.1) is 0 Å². The van der Waals surface area contributed by atoms with E-state index in [1.165, 1.54) is 0 Å². The van der Waals surface area contributed by atoms with Crippen LogP contribution in [0.15, 0.2) is 6.07 Å². The van der Waals surface area contributed by atoms with Gasteiger partial charge in [0.2, 0.25) is 0 Å². The van der Waals surface area contributed by atoms with Gasteiger partial charge >= 0.3 is 0 Å². The largest absolute Gasteiger partial charge is 0.388 e. The summed E-state index contributed by atoms with van der Waals surface area (Å²) in [6, 6.07) is 1.70. The van der Waals surface area contributed by atoms with E-state index in [-0.39, 0.29) is 5.92 Å². The van der Waals surface area contributed by atoms with Gasteiger partial charge in [-0.25, -0.2) is 9.97 Å². The molecule has 0 amide bonds. The second-order valence-electron chi connectivity index (χ2n) is 5.12. The zero-order valence-electron chi connectivity index (χ0n) is 10.4. The molecule has 0 bridgehead atoms. The van der Waals surface area contributed by atoms with Crippen molar-refractivity contribution < 1.29 is 5.11 Å². The summed E-state index contributed by atoms with van der Waals surface area (Å²) in [5.41, 5.74) is 5.17. The molecule has 2 rings (SSSR count). The Labute approximate surface area is 101 Å². The van der Waals surface area contributed by atoms with Gasteiger partial charge in [0.05, 0.1) is 5.60 Å². The second kappa shape index (κ2) is 4.49. The van der Waals surface area contributed by atoms with E-state index in [4.69, 9.17) is 5.73 Å². The Morgan fingerprint density at radius 3 is 2.71 bits per heavy atom. The molecule has 17 heavy (non-hydrogen) atoms. The van der Waals surface area contributed by atoms with Gasteiger partial charge < -0.3 is 16.2 Å². The highest BCUT2D eigenvalue weighted by atomic mass is 16.3. The molecule has 4 N–H and O–H groups in total. The number of aromatic nitrogens is 2. The molecular formula is C12H20N4O. The summed E-state index contributed by atoms with van der Waals surface area (Å²) in [6.45, 7) is 4.58. The molecule has 94 valence electrons. The quantitative estimate of drug-likeness (QED) is 0.738. The van der Waals surface area contributed by atoms with Gasteiger partial charge in [0.15, 0.2) is 0 Å². The lowest BCUT2D eigenvalue weighted by Crippen LogP contribution is -2.43. The summed E-state index contributed by atoms with van der Waals surface area (Å²) >= 11 is 0. The third-order valence-electron chi connectivity index (χ3n) is 3.16. The summed E-state index contributed by atoms with van der Waals surface area (Å²) in [7, 11) is 0. The Hall–Kier alpha value is -1.36. The zero-order chi connectivity index (χ0) is 12.5. The van der Waals surface area contributed by atoms with Crippen LogP contribution in [0.3, 0.4) is 0 Å². The molecular weight excluding hydrogens is 216 g/mol. The van der Waals surface area contributed by atoms with Crippen LogP contribution in [-0.2, 0) is 0 Å². The van der Waals surface area contributed by atoms with E-state index in [1.807, 2.05) is 13.8 Å². The fourth-order valence-corrected chi connectivity index (χ4v) is 1.85. The summed E-state index contributed by atoms with van der Waals surface area (Å²) in [4.78, 5) is 8.56. The molecule has 0 saturated heterocycles. The van der Waals surface area contributed by atoms with Crippen molar-refractivity contribution in [3.05, 3.63) is 11.9 Å². The Morgan fingerprint density at radius 2 is 2.18 bits per heavy atom. The van der Waals surface area contributed by atoms with Crippen LogP contribution in [0.1, 0.15) is 44.9 Å². The standard InChI is InChI=1S/C12H20N4O/c1-8(2)11-15-9(13)6-10(16-11)14-7-12(17)4-3-5-12/h6,8,17H,3-5,7H2,1-2H3,(H3,13,14,15,16). The lowest BCUT2D eigenvalue weighted by molar-refractivity contribution is -0.0202. The second-order valence-corrected chi connectivity index (χ2v) is 5.12. The Kier molecular flexibility index (Phi) is 3.19. The van der Waals surface area contributed by atoms with Crippen molar-refractivity contribution >= 4 is 11.6 Å². The molecule has 5 nitrogen and oxygen atoms in total. The van der Waals surface area contributed by atoms with Gasteiger partial charge in [-0.2, -0.15) is 0 Å². The highest BCUT2D eigenvalue weighted by Gasteiger charge is 2.34. The Balaban J connectivity index is 2.04. The summed E-state index contributed by atoms with van der Waals surface area (Å²) in [5.74, 6) is 2.13. The number of nitrogens with one attached hydrogen (secondary N) is 1. The molecule has 1 aliphatic rings. The molecule has 0 aromatic carbocycles. The monoisotopic (exact) mass is 236 g/mol. The first-order chi connectivity index (χ1) is 7.98. The van der Waals surface area contributed by atoms with Crippen LogP contribution in [0.5, 0.6) is 0 Å². The Morgan fingerprint density at radius 1 is 1.47 bits per heavy atom. The molecule has 1 heterocycles. The maximum atomic E-state index is 9.98. The van der Waals surface area contributed by atoms with E-state index in [0.717, 1.165) is 25.1 Å².